The zero-order valence-corrected chi connectivity index (χ0v) is 12.2. The van der Waals surface area contributed by atoms with Crippen molar-refractivity contribution in [2.75, 3.05) is 0 Å². The number of hydrogen-bond donors (Lipinski definition) is 2. The van der Waals surface area contributed by atoms with Gasteiger partial charge in [-0.2, -0.15) is 0 Å². The first kappa shape index (κ1) is 14.2. The van der Waals surface area contributed by atoms with Crippen molar-refractivity contribution in [3.05, 3.63) is 69.4 Å². The number of nitrogens with one attached hydrogen (secondary N) is 1. The van der Waals surface area contributed by atoms with Crippen LogP contribution in [0.2, 0.25) is 0 Å². The first-order valence-electron chi connectivity index (χ1n) is 6.16. The lowest BCUT2D eigenvalue weighted by Crippen LogP contribution is -2.30. The van der Waals surface area contributed by atoms with Gasteiger partial charge < -0.3 is 0 Å². The zero-order valence-electron chi connectivity index (χ0n) is 10.7. The minimum absolute atomic E-state index is 0.278. The van der Waals surface area contributed by atoms with Crippen LogP contribution in [0.1, 0.15) is 29.7 Å². The molecule has 0 aliphatic heterocycles. The molecule has 0 saturated carbocycles. The van der Waals surface area contributed by atoms with Gasteiger partial charge in [0.2, 0.25) is 0 Å². The van der Waals surface area contributed by atoms with Gasteiger partial charge in [0.1, 0.15) is 5.82 Å². The number of nitrogens with two attached hydrogens (primary N) is 1. The fourth-order valence-electron chi connectivity index (χ4n) is 2.13. The molecule has 1 unspecified atom stereocenters. The second kappa shape index (κ2) is 6.28. The van der Waals surface area contributed by atoms with Crippen LogP contribution in [-0.4, -0.2) is 0 Å². The van der Waals surface area contributed by atoms with Gasteiger partial charge in [0.25, 0.3) is 0 Å². The Balaban J connectivity index is 2.50. The quantitative estimate of drug-likeness (QED) is 0.665. The normalized spacial score (nSPS) is 12.4. The second-order valence-corrected chi connectivity index (χ2v) is 5.19. The van der Waals surface area contributed by atoms with Crippen molar-refractivity contribution >= 4 is 15.9 Å². The van der Waals surface area contributed by atoms with Gasteiger partial charge in [0.15, 0.2) is 0 Å². The van der Waals surface area contributed by atoms with Crippen LogP contribution in [0.15, 0.2) is 46.9 Å². The maximum atomic E-state index is 14.0. The molecule has 0 saturated heterocycles. The van der Waals surface area contributed by atoms with Crippen molar-refractivity contribution in [2.45, 2.75) is 19.4 Å². The SMILES string of the molecule is CCc1cccc(C(NN)c2c(F)cccc2Br)c1. The highest BCUT2D eigenvalue weighted by Gasteiger charge is 2.19. The standard InChI is InChI=1S/C15H16BrFN2/c1-2-10-5-3-6-11(9-10)15(19-18)14-12(16)7-4-8-13(14)17/h3-9,15,19H,2,18H2,1H3. The van der Waals surface area contributed by atoms with Gasteiger partial charge in [-0.3, -0.25) is 5.84 Å². The molecule has 0 amide bonds. The summed E-state index contributed by atoms with van der Waals surface area (Å²) in [5.74, 6) is 5.35. The molecule has 2 rings (SSSR count). The molecule has 2 aromatic carbocycles. The van der Waals surface area contributed by atoms with Crippen molar-refractivity contribution in [3.8, 4) is 0 Å². The molecule has 100 valence electrons. The van der Waals surface area contributed by atoms with Crippen LogP contribution < -0.4 is 11.3 Å². The van der Waals surface area contributed by atoms with E-state index in [1.165, 1.54) is 11.6 Å². The van der Waals surface area contributed by atoms with E-state index >= 15 is 0 Å². The molecule has 1 atom stereocenters. The predicted molar refractivity (Wildman–Crippen MR) is 79.1 cm³/mol. The van der Waals surface area contributed by atoms with E-state index in [0.717, 1.165) is 12.0 Å². The lowest BCUT2D eigenvalue weighted by molar-refractivity contribution is 0.557. The zero-order chi connectivity index (χ0) is 13.8. The Labute approximate surface area is 120 Å². The molecule has 2 aromatic rings. The van der Waals surface area contributed by atoms with Crippen molar-refractivity contribution in [1.82, 2.24) is 5.43 Å². The Morgan fingerprint density at radius 2 is 2.00 bits per heavy atom. The molecule has 0 spiro atoms. The molecule has 2 nitrogen and oxygen atoms in total. The first-order chi connectivity index (χ1) is 9.17. The van der Waals surface area contributed by atoms with Gasteiger partial charge in [0, 0.05) is 10.0 Å². The van der Waals surface area contributed by atoms with Crippen LogP contribution in [0.3, 0.4) is 0 Å². The van der Waals surface area contributed by atoms with E-state index in [1.807, 2.05) is 30.3 Å². The molecule has 4 heteroatoms. The lowest BCUT2D eigenvalue weighted by atomic mass is 9.96. The Kier molecular flexibility index (Phi) is 4.69. The van der Waals surface area contributed by atoms with Crippen LogP contribution in [-0.2, 0) is 6.42 Å². The van der Waals surface area contributed by atoms with Crippen LogP contribution in [0, 0.1) is 5.82 Å². The van der Waals surface area contributed by atoms with E-state index < -0.39 is 0 Å². The van der Waals surface area contributed by atoms with Crippen LogP contribution in [0.5, 0.6) is 0 Å². The summed E-state index contributed by atoms with van der Waals surface area (Å²) in [5, 5.41) is 0. The third-order valence-electron chi connectivity index (χ3n) is 3.15. The first-order valence-corrected chi connectivity index (χ1v) is 6.95. The van der Waals surface area contributed by atoms with E-state index in [9.17, 15) is 4.39 Å². The Bertz CT molecular complexity index is 552. The highest BCUT2D eigenvalue weighted by atomic mass is 79.9. The van der Waals surface area contributed by atoms with Crippen LogP contribution in [0.25, 0.3) is 0 Å². The van der Waals surface area contributed by atoms with Gasteiger partial charge in [0.05, 0.1) is 6.04 Å². The monoisotopic (exact) mass is 322 g/mol. The average molecular weight is 323 g/mol. The largest absolute Gasteiger partial charge is 0.271 e. The number of aryl methyl sites for hydroxylation is 1. The molecule has 0 aromatic heterocycles. The van der Waals surface area contributed by atoms with Crippen molar-refractivity contribution < 1.29 is 4.39 Å². The van der Waals surface area contributed by atoms with E-state index in [4.69, 9.17) is 5.84 Å². The van der Waals surface area contributed by atoms with E-state index in [0.29, 0.717) is 10.0 Å². The summed E-state index contributed by atoms with van der Waals surface area (Å²) < 4.78 is 14.7. The summed E-state index contributed by atoms with van der Waals surface area (Å²) in [6.45, 7) is 2.09. The number of rotatable bonds is 4. The third-order valence-corrected chi connectivity index (χ3v) is 3.84. The highest BCUT2D eigenvalue weighted by molar-refractivity contribution is 9.10. The molecule has 0 heterocycles. The Morgan fingerprint density at radius 3 is 2.63 bits per heavy atom. The minimum atomic E-state index is -0.373. The number of hydrazine groups is 1. The van der Waals surface area contributed by atoms with E-state index in [1.54, 1.807) is 6.07 Å². The third kappa shape index (κ3) is 3.03. The van der Waals surface area contributed by atoms with Gasteiger partial charge in [-0.15, -0.1) is 0 Å². The molecule has 0 aliphatic carbocycles. The van der Waals surface area contributed by atoms with Crippen molar-refractivity contribution in [1.29, 1.82) is 0 Å². The van der Waals surface area contributed by atoms with Gasteiger partial charge in [-0.25, -0.2) is 9.82 Å². The molecule has 0 bridgehead atoms. The number of hydrogen-bond acceptors (Lipinski definition) is 2. The molecule has 19 heavy (non-hydrogen) atoms. The van der Waals surface area contributed by atoms with Crippen LogP contribution >= 0.6 is 15.9 Å². The topological polar surface area (TPSA) is 38.0 Å². The summed E-state index contributed by atoms with van der Waals surface area (Å²) >= 11 is 3.39. The second-order valence-electron chi connectivity index (χ2n) is 4.33. The average Bonchev–Trinajstić information content (AvgIpc) is 2.43. The van der Waals surface area contributed by atoms with Gasteiger partial charge >= 0.3 is 0 Å². The summed E-state index contributed by atoms with van der Waals surface area (Å²) in [4.78, 5) is 0. The minimum Gasteiger partial charge on any atom is -0.271 e. The molecule has 3 N–H and O–H groups in total. The molecule has 0 aliphatic rings. The van der Waals surface area contributed by atoms with Crippen LogP contribution in [0.4, 0.5) is 4.39 Å². The molecule has 0 fully saturated rings. The number of halogens is 2. The molecule has 0 radical (unpaired) electrons. The van der Waals surface area contributed by atoms with Gasteiger partial charge in [-0.05, 0) is 29.7 Å². The van der Waals surface area contributed by atoms with Gasteiger partial charge in [-0.1, -0.05) is 53.2 Å². The fourth-order valence-corrected chi connectivity index (χ4v) is 2.70. The van der Waals surface area contributed by atoms with Crippen molar-refractivity contribution in [3.63, 3.8) is 0 Å². The maximum absolute atomic E-state index is 14.0. The lowest BCUT2D eigenvalue weighted by Gasteiger charge is -2.19. The smallest absolute Gasteiger partial charge is 0.129 e. The number of benzene rings is 2. The van der Waals surface area contributed by atoms with Crippen molar-refractivity contribution in [2.24, 2.45) is 5.84 Å². The fraction of sp³-hybridized carbons (Fsp3) is 0.200. The highest BCUT2D eigenvalue weighted by Crippen LogP contribution is 2.30. The summed E-state index contributed by atoms with van der Waals surface area (Å²) in [7, 11) is 0. The maximum Gasteiger partial charge on any atom is 0.129 e. The summed E-state index contributed by atoms with van der Waals surface area (Å²) in [5.41, 5.74) is 5.37. The summed E-state index contributed by atoms with van der Waals surface area (Å²) in [6, 6.07) is 12.5. The predicted octanol–water partition coefficient (Wildman–Crippen LogP) is 3.70. The summed E-state index contributed by atoms with van der Waals surface area (Å²) in [6.07, 6.45) is 0.934. The van der Waals surface area contributed by atoms with E-state index in [-0.39, 0.29) is 11.9 Å². The molecular weight excluding hydrogens is 307 g/mol. The van der Waals surface area contributed by atoms with E-state index in [2.05, 4.69) is 28.3 Å². The molecular formula is C15H16BrFN2. The Morgan fingerprint density at radius 1 is 1.26 bits per heavy atom. The Hall–Kier alpha value is -1.23.